The predicted octanol–water partition coefficient (Wildman–Crippen LogP) is 0.916. The molecule has 6 nitrogen and oxygen atoms in total. The molecule has 0 aliphatic carbocycles. The molecular weight excluding hydrogens is 236 g/mol. The Morgan fingerprint density at radius 1 is 1.50 bits per heavy atom. The standard InChI is InChI=1S/C12H22N2O4/c1-8(2)6-10(11(15)16)13-12(17)14-4-5-18-9(3)7-14/h8-10H,4-7H2,1-3H3,(H,13,17)(H,15,16)/t9?,10-/m0/s1. The van der Waals surface area contributed by atoms with Gasteiger partial charge in [-0.25, -0.2) is 9.59 Å². The van der Waals surface area contributed by atoms with E-state index in [1.54, 1.807) is 4.90 Å². The lowest BCUT2D eigenvalue weighted by atomic mass is 10.0. The summed E-state index contributed by atoms with van der Waals surface area (Å²) in [4.78, 5) is 24.6. The number of carboxylic acids is 1. The SMILES string of the molecule is CC(C)C[C@H](NC(=O)N1CCOC(C)C1)C(=O)O. The van der Waals surface area contributed by atoms with Crippen molar-refractivity contribution in [2.45, 2.75) is 39.3 Å². The topological polar surface area (TPSA) is 78.9 Å². The first-order valence-electron chi connectivity index (χ1n) is 6.30. The van der Waals surface area contributed by atoms with Crippen LogP contribution in [0.3, 0.4) is 0 Å². The number of nitrogens with zero attached hydrogens (tertiary/aromatic N) is 1. The largest absolute Gasteiger partial charge is 0.480 e. The average molecular weight is 258 g/mol. The third kappa shape index (κ3) is 4.52. The molecule has 104 valence electrons. The Balaban J connectivity index is 2.52. The summed E-state index contributed by atoms with van der Waals surface area (Å²) >= 11 is 0. The first kappa shape index (κ1) is 14.8. The fraction of sp³-hybridized carbons (Fsp3) is 0.833. The fourth-order valence-corrected chi connectivity index (χ4v) is 1.94. The van der Waals surface area contributed by atoms with E-state index in [0.29, 0.717) is 26.1 Å². The van der Waals surface area contributed by atoms with Crippen molar-refractivity contribution >= 4 is 12.0 Å². The molecule has 1 unspecified atom stereocenters. The van der Waals surface area contributed by atoms with Gasteiger partial charge in [0.05, 0.1) is 12.7 Å². The van der Waals surface area contributed by atoms with Crippen molar-refractivity contribution in [3.8, 4) is 0 Å². The maximum Gasteiger partial charge on any atom is 0.326 e. The normalized spacial score (nSPS) is 21.8. The van der Waals surface area contributed by atoms with Crippen LogP contribution in [0.2, 0.25) is 0 Å². The van der Waals surface area contributed by atoms with Crippen LogP contribution in [0.5, 0.6) is 0 Å². The van der Waals surface area contributed by atoms with Gasteiger partial charge in [-0.05, 0) is 19.3 Å². The van der Waals surface area contributed by atoms with Crippen LogP contribution in [-0.2, 0) is 9.53 Å². The first-order chi connectivity index (χ1) is 8.40. The summed E-state index contributed by atoms with van der Waals surface area (Å²) in [6, 6.07) is -1.14. The van der Waals surface area contributed by atoms with Crippen LogP contribution in [-0.4, -0.2) is 53.8 Å². The summed E-state index contributed by atoms with van der Waals surface area (Å²) in [7, 11) is 0. The van der Waals surface area contributed by atoms with Crippen molar-refractivity contribution in [2.75, 3.05) is 19.7 Å². The summed E-state index contributed by atoms with van der Waals surface area (Å²) in [5, 5.41) is 11.6. The molecule has 1 aliphatic rings. The van der Waals surface area contributed by atoms with Crippen molar-refractivity contribution in [2.24, 2.45) is 5.92 Å². The molecule has 0 bridgehead atoms. The Hall–Kier alpha value is -1.30. The lowest BCUT2D eigenvalue weighted by molar-refractivity contribution is -0.139. The molecule has 1 fully saturated rings. The summed E-state index contributed by atoms with van der Waals surface area (Å²) in [5.74, 6) is -0.770. The van der Waals surface area contributed by atoms with Crippen molar-refractivity contribution in [1.29, 1.82) is 0 Å². The minimum atomic E-state index is -0.988. The van der Waals surface area contributed by atoms with Crippen LogP contribution in [0.4, 0.5) is 4.79 Å². The third-order valence-electron chi connectivity index (χ3n) is 2.83. The van der Waals surface area contributed by atoms with Gasteiger partial charge in [-0.1, -0.05) is 13.8 Å². The molecule has 0 radical (unpaired) electrons. The highest BCUT2D eigenvalue weighted by Crippen LogP contribution is 2.08. The van der Waals surface area contributed by atoms with E-state index >= 15 is 0 Å². The van der Waals surface area contributed by atoms with Crippen molar-refractivity contribution in [1.82, 2.24) is 10.2 Å². The number of carbonyl (C=O) groups is 2. The molecule has 18 heavy (non-hydrogen) atoms. The van der Waals surface area contributed by atoms with Crippen LogP contribution < -0.4 is 5.32 Å². The van der Waals surface area contributed by atoms with Gasteiger partial charge < -0.3 is 20.1 Å². The molecule has 2 atom stereocenters. The Kier molecular flexibility index (Phi) is 5.40. The van der Waals surface area contributed by atoms with Gasteiger partial charge in [0.25, 0.3) is 0 Å². The highest BCUT2D eigenvalue weighted by molar-refractivity contribution is 5.82. The van der Waals surface area contributed by atoms with Crippen LogP contribution in [0.25, 0.3) is 0 Å². The summed E-state index contributed by atoms with van der Waals surface area (Å²) in [6.45, 7) is 7.25. The molecule has 1 rings (SSSR count). The van der Waals surface area contributed by atoms with Gasteiger partial charge in [0, 0.05) is 13.1 Å². The number of rotatable bonds is 4. The van der Waals surface area contributed by atoms with Crippen LogP contribution in [0.1, 0.15) is 27.2 Å². The monoisotopic (exact) mass is 258 g/mol. The Bertz CT molecular complexity index is 306. The highest BCUT2D eigenvalue weighted by Gasteiger charge is 2.26. The number of amides is 2. The van der Waals surface area contributed by atoms with Crippen molar-refractivity contribution < 1.29 is 19.4 Å². The number of ether oxygens (including phenoxy) is 1. The van der Waals surface area contributed by atoms with Gasteiger partial charge in [-0.2, -0.15) is 0 Å². The van der Waals surface area contributed by atoms with Crippen LogP contribution in [0.15, 0.2) is 0 Å². The van der Waals surface area contributed by atoms with E-state index < -0.39 is 12.0 Å². The van der Waals surface area contributed by atoms with E-state index in [4.69, 9.17) is 9.84 Å². The van der Waals surface area contributed by atoms with E-state index in [1.807, 2.05) is 20.8 Å². The van der Waals surface area contributed by atoms with Crippen LogP contribution >= 0.6 is 0 Å². The van der Waals surface area contributed by atoms with Gasteiger partial charge in [-0.15, -0.1) is 0 Å². The van der Waals surface area contributed by atoms with Gasteiger partial charge in [0.1, 0.15) is 6.04 Å². The second kappa shape index (κ2) is 6.58. The summed E-state index contributed by atoms with van der Waals surface area (Å²) < 4.78 is 5.34. The highest BCUT2D eigenvalue weighted by atomic mass is 16.5. The molecule has 0 aromatic heterocycles. The maximum absolute atomic E-state index is 11.9. The maximum atomic E-state index is 11.9. The van der Waals surface area contributed by atoms with Gasteiger partial charge in [0.2, 0.25) is 0 Å². The van der Waals surface area contributed by atoms with E-state index in [-0.39, 0.29) is 18.1 Å². The molecule has 2 amide bonds. The molecule has 0 aromatic rings. The molecule has 2 N–H and O–H groups in total. The van der Waals surface area contributed by atoms with Crippen LogP contribution in [0, 0.1) is 5.92 Å². The molecule has 1 aliphatic heterocycles. The third-order valence-corrected chi connectivity index (χ3v) is 2.83. The number of morpholine rings is 1. The van der Waals surface area contributed by atoms with Gasteiger partial charge in [0.15, 0.2) is 0 Å². The first-order valence-corrected chi connectivity index (χ1v) is 6.30. The summed E-state index contributed by atoms with van der Waals surface area (Å²) in [5.41, 5.74) is 0. The van der Waals surface area contributed by atoms with E-state index in [0.717, 1.165) is 0 Å². The van der Waals surface area contributed by atoms with Gasteiger partial charge >= 0.3 is 12.0 Å². The Morgan fingerprint density at radius 3 is 2.67 bits per heavy atom. The minimum Gasteiger partial charge on any atom is -0.480 e. The molecule has 0 aromatic carbocycles. The minimum absolute atomic E-state index is 0.00197. The number of hydrogen-bond donors (Lipinski definition) is 2. The molecular formula is C12H22N2O4. The van der Waals surface area contributed by atoms with Crippen molar-refractivity contribution in [3.05, 3.63) is 0 Å². The Labute approximate surface area is 107 Å². The second-order valence-corrected chi connectivity index (χ2v) is 5.10. The average Bonchev–Trinajstić information content (AvgIpc) is 2.27. The van der Waals surface area contributed by atoms with E-state index in [2.05, 4.69) is 5.32 Å². The Morgan fingerprint density at radius 2 is 2.17 bits per heavy atom. The van der Waals surface area contributed by atoms with Gasteiger partial charge in [-0.3, -0.25) is 0 Å². The quantitative estimate of drug-likeness (QED) is 0.785. The van der Waals surface area contributed by atoms with E-state index in [9.17, 15) is 9.59 Å². The number of carboxylic acid groups (broad SMARTS) is 1. The second-order valence-electron chi connectivity index (χ2n) is 5.10. The number of aliphatic carboxylic acids is 1. The number of urea groups is 1. The smallest absolute Gasteiger partial charge is 0.326 e. The number of carbonyl (C=O) groups excluding carboxylic acids is 1. The molecule has 1 saturated heterocycles. The zero-order valence-corrected chi connectivity index (χ0v) is 11.2. The lowest BCUT2D eigenvalue weighted by Gasteiger charge is -2.32. The van der Waals surface area contributed by atoms with Crippen molar-refractivity contribution in [3.63, 3.8) is 0 Å². The summed E-state index contributed by atoms with van der Waals surface area (Å²) in [6.07, 6.45) is 0.430. The zero-order valence-electron chi connectivity index (χ0n) is 11.2. The molecule has 6 heteroatoms. The molecule has 1 heterocycles. The lowest BCUT2D eigenvalue weighted by Crippen LogP contribution is -2.53. The van der Waals surface area contributed by atoms with E-state index in [1.165, 1.54) is 0 Å². The number of nitrogens with one attached hydrogen (secondary N) is 1. The fourth-order valence-electron chi connectivity index (χ4n) is 1.94. The molecule has 0 spiro atoms. The molecule has 0 saturated carbocycles. The predicted molar refractivity (Wildman–Crippen MR) is 66.4 cm³/mol. The zero-order chi connectivity index (χ0) is 13.7. The number of hydrogen-bond acceptors (Lipinski definition) is 3.